The Morgan fingerprint density at radius 2 is 1.18 bits per heavy atom. The van der Waals surface area contributed by atoms with E-state index in [0.717, 1.165) is 44.5 Å². The number of aromatic nitrogens is 1. The molecule has 2 heterocycles. The van der Waals surface area contributed by atoms with Crippen LogP contribution in [0.5, 0.6) is 0 Å². The van der Waals surface area contributed by atoms with E-state index in [-0.39, 0.29) is 0 Å². The zero-order valence-electron chi connectivity index (χ0n) is 31.1. The molecule has 0 saturated heterocycles. The van der Waals surface area contributed by atoms with Gasteiger partial charge in [-0.3, -0.25) is 4.99 Å². The molecule has 10 rings (SSSR count). The number of thiophene rings is 1. The van der Waals surface area contributed by atoms with Gasteiger partial charge in [-0.15, -0.1) is 11.3 Å². The molecule has 4 nitrogen and oxygen atoms in total. The fourth-order valence-electron chi connectivity index (χ4n) is 7.91. The highest BCUT2D eigenvalue weighted by Gasteiger charge is 2.19. The van der Waals surface area contributed by atoms with Crippen molar-refractivity contribution in [2.24, 2.45) is 15.0 Å². The molecule has 57 heavy (non-hydrogen) atoms. The van der Waals surface area contributed by atoms with Crippen LogP contribution in [0.25, 0.3) is 69.9 Å². The van der Waals surface area contributed by atoms with Gasteiger partial charge in [0.2, 0.25) is 0 Å². The quantitative estimate of drug-likeness (QED) is 0.115. The van der Waals surface area contributed by atoms with Crippen LogP contribution in [0.2, 0.25) is 0 Å². The largest absolute Gasteiger partial charge is 0.309 e. The molecule has 5 heteroatoms. The standard InChI is InChI=1S/C52H36N4S/c1-53-51(55-52(37-20-9-4-10-21-37)54-34-35-16-5-2-6-17-35)39-29-30-40(36-18-7-3-8-19-36)47(33-39)56-46-26-13-11-22-42(46)43-31-28-38(32-48(43)56)41-24-15-25-45-44-23-12-14-27-49(44)57-50(41)45/h2-33H,1,34H2/b54-52-,55-51-. The number of amidine groups is 2. The summed E-state index contributed by atoms with van der Waals surface area (Å²) in [6, 6.07) is 68.4. The van der Waals surface area contributed by atoms with Gasteiger partial charge in [0.25, 0.3) is 0 Å². The molecule has 8 aromatic carbocycles. The molecule has 0 fully saturated rings. The normalized spacial score (nSPS) is 12.2. The molecule has 10 aromatic rings. The number of para-hydroxylation sites is 1. The Labute approximate surface area is 335 Å². The number of aliphatic imine (C=N–C) groups is 3. The predicted octanol–water partition coefficient (Wildman–Crippen LogP) is 13.6. The van der Waals surface area contributed by atoms with Crippen LogP contribution in [0, 0.1) is 0 Å². The van der Waals surface area contributed by atoms with Crippen LogP contribution in [-0.4, -0.2) is 23.0 Å². The summed E-state index contributed by atoms with van der Waals surface area (Å²) in [6.07, 6.45) is 0. The molecule has 0 spiro atoms. The van der Waals surface area contributed by atoms with Crippen LogP contribution in [0.3, 0.4) is 0 Å². The lowest BCUT2D eigenvalue weighted by atomic mass is 10.00. The highest BCUT2D eigenvalue weighted by Crippen LogP contribution is 2.42. The smallest absolute Gasteiger partial charge is 0.161 e. The monoisotopic (exact) mass is 748 g/mol. The van der Waals surface area contributed by atoms with Crippen LogP contribution in [0.15, 0.2) is 209 Å². The van der Waals surface area contributed by atoms with E-state index in [9.17, 15) is 0 Å². The molecule has 270 valence electrons. The van der Waals surface area contributed by atoms with Gasteiger partial charge in [0.15, 0.2) is 11.7 Å². The summed E-state index contributed by atoms with van der Waals surface area (Å²) < 4.78 is 5.01. The van der Waals surface area contributed by atoms with Crippen molar-refractivity contribution in [2.75, 3.05) is 0 Å². The lowest BCUT2D eigenvalue weighted by molar-refractivity contribution is 1.06. The van der Waals surface area contributed by atoms with E-state index in [1.165, 1.54) is 42.1 Å². The third-order valence-corrected chi connectivity index (χ3v) is 11.8. The Kier molecular flexibility index (Phi) is 8.90. The topological polar surface area (TPSA) is 42.0 Å². The van der Waals surface area contributed by atoms with Gasteiger partial charge >= 0.3 is 0 Å². The molecule has 0 bridgehead atoms. The van der Waals surface area contributed by atoms with Crippen molar-refractivity contribution in [3.05, 3.63) is 211 Å². The Bertz CT molecular complexity index is 3160. The maximum absolute atomic E-state index is 5.13. The maximum atomic E-state index is 5.13. The first kappa shape index (κ1) is 34.3. The highest BCUT2D eigenvalue weighted by atomic mass is 32.1. The van der Waals surface area contributed by atoms with Crippen molar-refractivity contribution in [1.29, 1.82) is 0 Å². The van der Waals surface area contributed by atoms with Crippen molar-refractivity contribution in [3.8, 4) is 27.9 Å². The summed E-state index contributed by atoms with van der Waals surface area (Å²) in [6.45, 7) is 4.52. The fourth-order valence-corrected chi connectivity index (χ4v) is 9.15. The van der Waals surface area contributed by atoms with Crippen molar-refractivity contribution < 1.29 is 0 Å². The molecule has 2 aromatic heterocycles. The minimum absolute atomic E-state index is 0.496. The molecule has 0 aliphatic heterocycles. The van der Waals surface area contributed by atoms with Crippen molar-refractivity contribution in [1.82, 2.24) is 4.57 Å². The number of nitrogens with zero attached hydrogens (tertiary/aromatic N) is 4. The zero-order chi connectivity index (χ0) is 38.1. The van der Waals surface area contributed by atoms with Crippen LogP contribution in [0.4, 0.5) is 0 Å². The molecule has 0 N–H and O–H groups in total. The van der Waals surface area contributed by atoms with Crippen LogP contribution < -0.4 is 0 Å². The van der Waals surface area contributed by atoms with Gasteiger partial charge in [-0.25, -0.2) is 9.98 Å². The average Bonchev–Trinajstić information content (AvgIpc) is 3.83. The molecular weight excluding hydrogens is 713 g/mol. The fraction of sp³-hybridized carbons (Fsp3) is 0.0192. The first-order valence-electron chi connectivity index (χ1n) is 19.1. The number of hydrogen-bond donors (Lipinski definition) is 0. The minimum Gasteiger partial charge on any atom is -0.309 e. The lowest BCUT2D eigenvalue weighted by Gasteiger charge is -2.16. The molecule has 0 unspecified atom stereocenters. The van der Waals surface area contributed by atoms with Gasteiger partial charge in [0.05, 0.1) is 23.3 Å². The van der Waals surface area contributed by atoms with Gasteiger partial charge in [-0.1, -0.05) is 170 Å². The molecule has 0 atom stereocenters. The number of hydrogen-bond acceptors (Lipinski definition) is 2. The predicted molar refractivity (Wildman–Crippen MR) is 244 cm³/mol. The first-order chi connectivity index (χ1) is 28.2. The Morgan fingerprint density at radius 3 is 1.98 bits per heavy atom. The number of benzene rings is 8. The second kappa shape index (κ2) is 14.8. The Morgan fingerprint density at radius 1 is 0.491 bits per heavy atom. The summed E-state index contributed by atoms with van der Waals surface area (Å²) in [7, 11) is 0. The second-order valence-electron chi connectivity index (χ2n) is 14.0. The molecule has 0 saturated carbocycles. The maximum Gasteiger partial charge on any atom is 0.161 e. The summed E-state index contributed by atoms with van der Waals surface area (Å²) in [5, 5.41) is 4.97. The highest BCUT2D eigenvalue weighted by molar-refractivity contribution is 7.26. The summed E-state index contributed by atoms with van der Waals surface area (Å²) in [5.74, 6) is 1.11. The second-order valence-corrected chi connectivity index (χ2v) is 15.1. The van der Waals surface area contributed by atoms with Gasteiger partial charge < -0.3 is 4.57 Å². The lowest BCUT2D eigenvalue weighted by Crippen LogP contribution is -2.07. The molecule has 0 amide bonds. The molecule has 0 aliphatic rings. The molecule has 0 radical (unpaired) electrons. The van der Waals surface area contributed by atoms with Crippen molar-refractivity contribution >= 4 is 71.7 Å². The third-order valence-electron chi connectivity index (χ3n) is 10.6. The average molecular weight is 749 g/mol. The zero-order valence-corrected chi connectivity index (χ0v) is 31.9. The van der Waals surface area contributed by atoms with Gasteiger partial charge in [0.1, 0.15) is 0 Å². The first-order valence-corrected chi connectivity index (χ1v) is 19.9. The SMILES string of the molecule is C=N/C(=N\C(=N/Cc1ccccc1)c1ccccc1)c1ccc(-c2ccccc2)c(-n2c3ccccc3c3ccc(-c4cccc5c4sc4ccccc45)cc32)c1. The van der Waals surface area contributed by atoms with Crippen LogP contribution in [0.1, 0.15) is 16.7 Å². The summed E-state index contributed by atoms with van der Waals surface area (Å²) >= 11 is 1.86. The number of rotatable bonds is 7. The summed E-state index contributed by atoms with van der Waals surface area (Å²) in [5.41, 5.74) is 10.8. The van der Waals surface area contributed by atoms with Crippen LogP contribution >= 0.6 is 11.3 Å². The van der Waals surface area contributed by atoms with E-state index >= 15 is 0 Å². The Balaban J connectivity index is 1.19. The van der Waals surface area contributed by atoms with Gasteiger partial charge in [-0.05, 0) is 53.2 Å². The number of fused-ring (bicyclic) bond motifs is 6. The van der Waals surface area contributed by atoms with Gasteiger partial charge in [0, 0.05) is 47.6 Å². The van der Waals surface area contributed by atoms with Crippen molar-refractivity contribution in [2.45, 2.75) is 6.54 Å². The third kappa shape index (κ3) is 6.34. The van der Waals surface area contributed by atoms with E-state index in [1.54, 1.807) is 0 Å². The van der Waals surface area contributed by atoms with Crippen molar-refractivity contribution in [3.63, 3.8) is 0 Å². The van der Waals surface area contributed by atoms with Gasteiger partial charge in [-0.2, -0.15) is 0 Å². The van der Waals surface area contributed by atoms with E-state index in [4.69, 9.17) is 9.98 Å². The summed E-state index contributed by atoms with van der Waals surface area (Å²) in [4.78, 5) is 14.7. The minimum atomic E-state index is 0.496. The van der Waals surface area contributed by atoms with E-state index in [2.05, 4.69) is 162 Å². The van der Waals surface area contributed by atoms with Crippen LogP contribution in [-0.2, 0) is 6.54 Å². The van der Waals surface area contributed by atoms with E-state index < -0.39 is 0 Å². The molecule has 0 aliphatic carbocycles. The molecular formula is C52H36N4S. The van der Waals surface area contributed by atoms with E-state index in [0.29, 0.717) is 18.2 Å². The Hall–Kier alpha value is -7.21. The van der Waals surface area contributed by atoms with E-state index in [1.807, 2.05) is 59.9 Å².